The van der Waals surface area contributed by atoms with Crippen molar-refractivity contribution in [2.75, 3.05) is 13.2 Å². The summed E-state index contributed by atoms with van der Waals surface area (Å²) in [7, 11) is 0. The van der Waals surface area contributed by atoms with Gasteiger partial charge in [0.05, 0.1) is 0 Å². The SMILES string of the molecule is Cc1ncc(CNCC2(CCO)CC2)[nH]1. The van der Waals surface area contributed by atoms with E-state index in [1.165, 1.54) is 12.8 Å². The minimum absolute atomic E-state index is 0.310. The highest BCUT2D eigenvalue weighted by atomic mass is 16.3. The molecule has 0 saturated heterocycles. The Balaban J connectivity index is 1.71. The molecule has 15 heavy (non-hydrogen) atoms. The topological polar surface area (TPSA) is 60.9 Å². The largest absolute Gasteiger partial charge is 0.396 e. The van der Waals surface area contributed by atoms with Gasteiger partial charge in [0.2, 0.25) is 0 Å². The number of aliphatic hydroxyl groups excluding tert-OH is 1. The molecule has 1 aliphatic carbocycles. The van der Waals surface area contributed by atoms with Crippen LogP contribution >= 0.6 is 0 Å². The van der Waals surface area contributed by atoms with Crippen LogP contribution < -0.4 is 5.32 Å². The number of aryl methyl sites for hydroxylation is 1. The number of nitrogens with one attached hydrogen (secondary N) is 2. The Morgan fingerprint density at radius 1 is 1.60 bits per heavy atom. The van der Waals surface area contributed by atoms with E-state index in [-0.39, 0.29) is 0 Å². The lowest BCUT2D eigenvalue weighted by Crippen LogP contribution is -2.24. The summed E-state index contributed by atoms with van der Waals surface area (Å²) in [6, 6.07) is 0. The van der Waals surface area contributed by atoms with Crippen molar-refractivity contribution < 1.29 is 5.11 Å². The molecule has 0 amide bonds. The Kier molecular flexibility index (Phi) is 3.07. The van der Waals surface area contributed by atoms with Crippen LogP contribution in [0.3, 0.4) is 0 Å². The molecule has 0 atom stereocenters. The highest BCUT2D eigenvalue weighted by Gasteiger charge is 2.41. The zero-order chi connectivity index (χ0) is 10.7. The average Bonchev–Trinajstić information content (AvgIpc) is 2.83. The Labute approximate surface area is 90.1 Å². The maximum atomic E-state index is 8.92. The first kappa shape index (κ1) is 10.6. The van der Waals surface area contributed by atoms with Crippen LogP contribution in [0, 0.1) is 12.3 Å². The normalized spacial score (nSPS) is 18.0. The summed E-state index contributed by atoms with van der Waals surface area (Å²) < 4.78 is 0. The first-order chi connectivity index (χ1) is 7.24. The van der Waals surface area contributed by atoms with Gasteiger partial charge >= 0.3 is 0 Å². The third kappa shape index (κ3) is 2.79. The molecule has 0 bridgehead atoms. The smallest absolute Gasteiger partial charge is 0.103 e. The van der Waals surface area contributed by atoms with E-state index in [1.807, 2.05) is 13.1 Å². The maximum absolute atomic E-state index is 8.92. The molecule has 4 nitrogen and oxygen atoms in total. The Morgan fingerprint density at radius 3 is 2.93 bits per heavy atom. The lowest BCUT2D eigenvalue weighted by Gasteiger charge is -2.13. The van der Waals surface area contributed by atoms with E-state index in [0.717, 1.165) is 31.0 Å². The van der Waals surface area contributed by atoms with Crippen molar-refractivity contribution in [3.05, 3.63) is 17.7 Å². The lowest BCUT2D eigenvalue weighted by molar-refractivity contribution is 0.245. The number of nitrogens with zero attached hydrogens (tertiary/aromatic N) is 1. The van der Waals surface area contributed by atoms with Crippen LogP contribution in [0.5, 0.6) is 0 Å². The van der Waals surface area contributed by atoms with Crippen molar-refractivity contribution in [1.29, 1.82) is 0 Å². The molecule has 1 aliphatic rings. The molecule has 3 N–H and O–H groups in total. The molecule has 1 aromatic rings. The minimum atomic E-state index is 0.310. The van der Waals surface area contributed by atoms with Gasteiger partial charge < -0.3 is 15.4 Å². The fraction of sp³-hybridized carbons (Fsp3) is 0.727. The number of hydrogen-bond acceptors (Lipinski definition) is 3. The molecular weight excluding hydrogens is 190 g/mol. The van der Waals surface area contributed by atoms with Gasteiger partial charge in [-0.25, -0.2) is 4.98 Å². The van der Waals surface area contributed by atoms with Crippen LogP contribution in [0.1, 0.15) is 30.8 Å². The molecule has 0 aromatic carbocycles. The Morgan fingerprint density at radius 2 is 2.40 bits per heavy atom. The molecule has 2 rings (SSSR count). The number of rotatable bonds is 6. The molecule has 1 aromatic heterocycles. The third-order valence-corrected chi connectivity index (χ3v) is 3.17. The molecule has 0 unspecified atom stereocenters. The van der Waals surface area contributed by atoms with Crippen LogP contribution in [0.2, 0.25) is 0 Å². The van der Waals surface area contributed by atoms with Crippen molar-refractivity contribution in [3.8, 4) is 0 Å². The van der Waals surface area contributed by atoms with E-state index in [1.54, 1.807) is 0 Å². The summed E-state index contributed by atoms with van der Waals surface area (Å²) in [5.74, 6) is 0.961. The fourth-order valence-corrected chi connectivity index (χ4v) is 1.95. The van der Waals surface area contributed by atoms with Crippen molar-refractivity contribution >= 4 is 0 Å². The molecule has 1 fully saturated rings. The van der Waals surface area contributed by atoms with Crippen LogP contribution in [-0.2, 0) is 6.54 Å². The first-order valence-electron chi connectivity index (χ1n) is 5.56. The minimum Gasteiger partial charge on any atom is -0.396 e. The van der Waals surface area contributed by atoms with E-state index in [9.17, 15) is 0 Å². The lowest BCUT2D eigenvalue weighted by atomic mass is 10.0. The summed E-state index contributed by atoms with van der Waals surface area (Å²) in [5, 5.41) is 12.3. The highest BCUT2D eigenvalue weighted by Crippen LogP contribution is 2.47. The van der Waals surface area contributed by atoms with Gasteiger partial charge in [-0.2, -0.15) is 0 Å². The average molecular weight is 209 g/mol. The number of imidazole rings is 1. The van der Waals surface area contributed by atoms with Crippen molar-refractivity contribution in [2.24, 2.45) is 5.41 Å². The number of hydrogen-bond donors (Lipinski definition) is 3. The number of aliphatic hydroxyl groups is 1. The van der Waals surface area contributed by atoms with E-state index >= 15 is 0 Å². The van der Waals surface area contributed by atoms with Gasteiger partial charge in [0, 0.05) is 31.6 Å². The molecule has 1 saturated carbocycles. The predicted molar refractivity (Wildman–Crippen MR) is 58.4 cm³/mol. The summed E-state index contributed by atoms with van der Waals surface area (Å²) in [6.07, 6.45) is 5.31. The zero-order valence-corrected chi connectivity index (χ0v) is 9.21. The maximum Gasteiger partial charge on any atom is 0.103 e. The third-order valence-electron chi connectivity index (χ3n) is 3.17. The van der Waals surface area contributed by atoms with Crippen molar-refractivity contribution in [1.82, 2.24) is 15.3 Å². The van der Waals surface area contributed by atoms with Gasteiger partial charge in [0.1, 0.15) is 5.82 Å². The molecule has 0 aliphatic heterocycles. The summed E-state index contributed by atoms with van der Waals surface area (Å²) in [4.78, 5) is 7.34. The first-order valence-corrected chi connectivity index (χ1v) is 5.56. The van der Waals surface area contributed by atoms with Crippen molar-refractivity contribution in [2.45, 2.75) is 32.7 Å². The van der Waals surface area contributed by atoms with Gasteiger partial charge in [0.15, 0.2) is 0 Å². The summed E-state index contributed by atoms with van der Waals surface area (Å²) in [5.41, 5.74) is 1.52. The molecular formula is C11H19N3O. The predicted octanol–water partition coefficient (Wildman–Crippen LogP) is 0.970. The number of aromatic nitrogens is 2. The fourth-order valence-electron chi connectivity index (χ4n) is 1.95. The van der Waals surface area contributed by atoms with E-state index in [4.69, 9.17) is 5.11 Å². The van der Waals surface area contributed by atoms with Crippen LogP contribution in [-0.4, -0.2) is 28.2 Å². The zero-order valence-electron chi connectivity index (χ0n) is 9.21. The molecule has 84 valence electrons. The van der Waals surface area contributed by atoms with Gasteiger partial charge in [-0.15, -0.1) is 0 Å². The van der Waals surface area contributed by atoms with Crippen LogP contribution in [0.4, 0.5) is 0 Å². The number of H-pyrrole nitrogens is 1. The van der Waals surface area contributed by atoms with E-state index in [0.29, 0.717) is 12.0 Å². The highest BCUT2D eigenvalue weighted by molar-refractivity contribution is 5.00. The monoisotopic (exact) mass is 209 g/mol. The Bertz CT molecular complexity index is 317. The summed E-state index contributed by atoms with van der Waals surface area (Å²) >= 11 is 0. The van der Waals surface area contributed by atoms with E-state index < -0.39 is 0 Å². The van der Waals surface area contributed by atoms with Crippen LogP contribution in [0.15, 0.2) is 6.20 Å². The van der Waals surface area contributed by atoms with Gasteiger partial charge in [0.25, 0.3) is 0 Å². The quantitative estimate of drug-likeness (QED) is 0.654. The molecule has 4 heteroatoms. The standard InChI is InChI=1S/C11H19N3O/c1-9-13-7-10(14-9)6-12-8-11(2-3-11)4-5-15/h7,12,15H,2-6,8H2,1H3,(H,13,14). The molecule has 0 spiro atoms. The molecule has 1 heterocycles. The second-order valence-corrected chi connectivity index (χ2v) is 4.57. The second kappa shape index (κ2) is 4.33. The second-order valence-electron chi connectivity index (χ2n) is 4.57. The Hall–Kier alpha value is -0.870. The van der Waals surface area contributed by atoms with Crippen molar-refractivity contribution in [3.63, 3.8) is 0 Å². The molecule has 0 radical (unpaired) electrons. The summed E-state index contributed by atoms with van der Waals surface area (Å²) in [6.45, 7) is 4.11. The van der Waals surface area contributed by atoms with Gasteiger partial charge in [-0.05, 0) is 31.6 Å². The number of aromatic amines is 1. The van der Waals surface area contributed by atoms with E-state index in [2.05, 4.69) is 15.3 Å². The van der Waals surface area contributed by atoms with Gasteiger partial charge in [-0.1, -0.05) is 0 Å². The van der Waals surface area contributed by atoms with Gasteiger partial charge in [-0.3, -0.25) is 0 Å². The van der Waals surface area contributed by atoms with Crippen LogP contribution in [0.25, 0.3) is 0 Å².